The largest absolute Gasteiger partial charge is 0.501 e. The predicted molar refractivity (Wildman–Crippen MR) is 98.9 cm³/mol. The highest BCUT2D eigenvalue weighted by Gasteiger charge is 2.72. The van der Waals surface area contributed by atoms with Crippen LogP contribution in [0.3, 0.4) is 0 Å². The van der Waals surface area contributed by atoms with Crippen molar-refractivity contribution in [3.8, 4) is 0 Å². The molecule has 1 saturated heterocycles. The molecule has 0 unspecified atom stereocenters. The summed E-state index contributed by atoms with van der Waals surface area (Å²) < 4.78 is 66.4. The zero-order valence-electron chi connectivity index (χ0n) is 16.5. The minimum Gasteiger partial charge on any atom is -0.444 e. The maximum Gasteiger partial charge on any atom is 0.501 e. The van der Waals surface area contributed by atoms with Crippen molar-refractivity contribution in [2.75, 3.05) is 13.1 Å². The van der Waals surface area contributed by atoms with Gasteiger partial charge < -0.3 is 9.64 Å². The minimum absolute atomic E-state index is 0.0626. The first-order chi connectivity index (χ1) is 13.2. The molecular formula is C20H24F3NO4S. The molecule has 0 N–H and O–H groups in total. The van der Waals surface area contributed by atoms with Crippen molar-refractivity contribution in [2.45, 2.75) is 61.5 Å². The maximum atomic E-state index is 12.7. The van der Waals surface area contributed by atoms with Crippen LogP contribution < -0.4 is 0 Å². The number of nitrogens with zero attached hydrogens (tertiary/aromatic N) is 1. The number of carbonyl (C=O) groups is 1. The molecule has 1 heterocycles. The van der Waals surface area contributed by atoms with E-state index in [0.29, 0.717) is 19.0 Å². The molecule has 2 bridgehead atoms. The van der Waals surface area contributed by atoms with Gasteiger partial charge in [-0.15, -0.1) is 0 Å². The molecule has 0 radical (unpaired) electrons. The second-order valence-corrected chi connectivity index (χ2v) is 11.7. The monoisotopic (exact) mass is 431 g/mol. The number of halogens is 3. The Balaban J connectivity index is 1.35. The highest BCUT2D eigenvalue weighted by molar-refractivity contribution is 7.92. The van der Waals surface area contributed by atoms with Crippen LogP contribution >= 0.6 is 0 Å². The number of carbonyl (C=O) groups excluding carboxylic acids is 1. The highest BCUT2D eigenvalue weighted by Crippen LogP contribution is 2.77. The fraction of sp³-hybridized carbons (Fsp3) is 0.650. The quantitative estimate of drug-likeness (QED) is 0.717. The van der Waals surface area contributed by atoms with Crippen molar-refractivity contribution in [1.82, 2.24) is 4.90 Å². The summed E-state index contributed by atoms with van der Waals surface area (Å²) in [5.74, 6) is 0.418. The van der Waals surface area contributed by atoms with E-state index in [1.165, 1.54) is 12.1 Å². The molecule has 1 aromatic rings. The predicted octanol–water partition coefficient (Wildman–Crippen LogP) is 4.27. The topological polar surface area (TPSA) is 63.7 Å². The molecule has 1 aliphatic heterocycles. The summed E-state index contributed by atoms with van der Waals surface area (Å²) in [6.45, 7) is 6.84. The van der Waals surface area contributed by atoms with Gasteiger partial charge in [-0.3, -0.25) is 0 Å². The van der Waals surface area contributed by atoms with E-state index in [0.717, 1.165) is 37.0 Å². The van der Waals surface area contributed by atoms with Crippen LogP contribution in [0.15, 0.2) is 29.2 Å². The molecule has 0 atom stereocenters. The Morgan fingerprint density at radius 2 is 1.59 bits per heavy atom. The normalized spacial score (nSPS) is 29.5. The molecule has 5 nitrogen and oxygen atoms in total. The summed E-state index contributed by atoms with van der Waals surface area (Å²) >= 11 is 0. The summed E-state index contributed by atoms with van der Waals surface area (Å²) in [5, 5.41) is 0. The first-order valence-corrected chi connectivity index (χ1v) is 11.1. The zero-order chi connectivity index (χ0) is 21.5. The van der Waals surface area contributed by atoms with Gasteiger partial charge in [-0.05, 0) is 68.6 Å². The number of benzene rings is 1. The summed E-state index contributed by atoms with van der Waals surface area (Å²) in [6.07, 6.45) is 2.49. The average molecular weight is 431 g/mol. The van der Waals surface area contributed by atoms with E-state index in [9.17, 15) is 26.4 Å². The van der Waals surface area contributed by atoms with Crippen LogP contribution in [0.1, 0.15) is 45.6 Å². The third-order valence-corrected chi connectivity index (χ3v) is 8.05. The molecule has 1 amide bonds. The van der Waals surface area contributed by atoms with Gasteiger partial charge in [0.2, 0.25) is 0 Å². The summed E-state index contributed by atoms with van der Waals surface area (Å²) in [6, 6.07) is 5.13. The van der Waals surface area contributed by atoms with E-state index in [1.54, 1.807) is 4.90 Å². The standard InChI is InChI=1S/C20H24F3NO4S/c1-17(2,3)28-16(25)24-8-14(9-24)19-10-18(11-19,12-19)13-4-6-15(7-5-13)29(26,27)20(21,22)23/h4-7,14H,8-12H2,1-3H3. The van der Waals surface area contributed by atoms with Gasteiger partial charge in [0.25, 0.3) is 9.84 Å². The molecule has 9 heteroatoms. The number of hydrogen-bond donors (Lipinski definition) is 0. The van der Waals surface area contributed by atoms with Crippen molar-refractivity contribution < 1.29 is 31.1 Å². The van der Waals surface area contributed by atoms with Gasteiger partial charge in [0.1, 0.15) is 5.60 Å². The Bertz CT molecular complexity index is 922. The zero-order valence-corrected chi connectivity index (χ0v) is 17.4. The van der Waals surface area contributed by atoms with Crippen molar-refractivity contribution in [3.63, 3.8) is 0 Å². The van der Waals surface area contributed by atoms with Gasteiger partial charge in [0.15, 0.2) is 0 Å². The number of alkyl halides is 3. The molecule has 4 aliphatic rings. The van der Waals surface area contributed by atoms with Crippen molar-refractivity contribution in [3.05, 3.63) is 29.8 Å². The lowest BCUT2D eigenvalue weighted by Crippen LogP contribution is -2.73. The lowest BCUT2D eigenvalue weighted by Gasteiger charge is -2.75. The van der Waals surface area contributed by atoms with Crippen LogP contribution in [-0.2, 0) is 20.0 Å². The Kier molecular flexibility index (Phi) is 4.17. The van der Waals surface area contributed by atoms with Gasteiger partial charge in [-0.1, -0.05) is 12.1 Å². The highest BCUT2D eigenvalue weighted by atomic mass is 32.2. The molecule has 0 aromatic heterocycles. The summed E-state index contributed by atoms with van der Waals surface area (Å²) in [5.41, 5.74) is -4.79. The van der Waals surface area contributed by atoms with E-state index in [-0.39, 0.29) is 16.9 Å². The molecule has 0 spiro atoms. The number of sulfone groups is 1. The molecule has 3 saturated carbocycles. The smallest absolute Gasteiger partial charge is 0.444 e. The van der Waals surface area contributed by atoms with Crippen molar-refractivity contribution >= 4 is 15.9 Å². The van der Waals surface area contributed by atoms with Gasteiger partial charge >= 0.3 is 11.6 Å². The number of likely N-dealkylation sites (tertiary alicyclic amines) is 1. The minimum atomic E-state index is -5.31. The van der Waals surface area contributed by atoms with E-state index < -0.39 is 25.8 Å². The molecule has 29 heavy (non-hydrogen) atoms. The van der Waals surface area contributed by atoms with E-state index in [4.69, 9.17) is 4.74 Å². The Morgan fingerprint density at radius 1 is 1.07 bits per heavy atom. The summed E-state index contributed by atoms with van der Waals surface area (Å²) in [7, 11) is -5.31. The number of amides is 1. The van der Waals surface area contributed by atoms with Crippen molar-refractivity contribution in [2.24, 2.45) is 11.3 Å². The summed E-state index contributed by atoms with van der Waals surface area (Å²) in [4.78, 5) is 13.1. The van der Waals surface area contributed by atoms with Crippen LogP contribution in [0.4, 0.5) is 18.0 Å². The average Bonchev–Trinajstić information content (AvgIpc) is 2.44. The van der Waals surface area contributed by atoms with Crippen LogP contribution in [0, 0.1) is 11.3 Å². The Morgan fingerprint density at radius 3 is 2.03 bits per heavy atom. The number of ether oxygens (including phenoxy) is 1. The van der Waals surface area contributed by atoms with Crippen LogP contribution in [0.2, 0.25) is 0 Å². The van der Waals surface area contributed by atoms with Gasteiger partial charge in [0.05, 0.1) is 4.90 Å². The van der Waals surface area contributed by atoms with E-state index in [2.05, 4.69) is 0 Å². The second-order valence-electron chi connectivity index (χ2n) is 9.73. The number of rotatable bonds is 3. The third kappa shape index (κ3) is 3.12. The van der Waals surface area contributed by atoms with Crippen molar-refractivity contribution in [1.29, 1.82) is 0 Å². The Labute approximate surface area is 168 Å². The molecule has 1 aromatic carbocycles. The maximum absolute atomic E-state index is 12.7. The lowest BCUT2D eigenvalue weighted by atomic mass is 9.30. The molecular weight excluding hydrogens is 407 g/mol. The second kappa shape index (κ2) is 5.89. The molecule has 160 valence electrons. The fourth-order valence-corrected chi connectivity index (χ4v) is 5.83. The van der Waals surface area contributed by atoms with Gasteiger partial charge in [-0.25, -0.2) is 13.2 Å². The first kappa shape index (κ1) is 20.5. The van der Waals surface area contributed by atoms with Crippen LogP contribution in [0.25, 0.3) is 0 Å². The third-order valence-electron chi connectivity index (χ3n) is 6.55. The van der Waals surface area contributed by atoms with Gasteiger partial charge in [-0.2, -0.15) is 13.2 Å². The Hall–Kier alpha value is -1.77. The lowest BCUT2D eigenvalue weighted by molar-refractivity contribution is -0.209. The number of hydrogen-bond acceptors (Lipinski definition) is 4. The fourth-order valence-electron chi connectivity index (χ4n) is 5.07. The SMILES string of the molecule is CC(C)(C)OC(=O)N1CC(C23CC(c4ccc(S(=O)(=O)C(F)(F)F)cc4)(C2)C3)C1. The van der Waals surface area contributed by atoms with Gasteiger partial charge in [0, 0.05) is 19.0 Å². The molecule has 5 rings (SSSR count). The molecule has 4 fully saturated rings. The van der Waals surface area contributed by atoms with E-state index in [1.807, 2.05) is 20.8 Å². The molecule has 3 aliphatic carbocycles. The first-order valence-electron chi connectivity index (χ1n) is 9.57. The van der Waals surface area contributed by atoms with Crippen LogP contribution in [-0.4, -0.2) is 43.6 Å². The van der Waals surface area contributed by atoms with Crippen LogP contribution in [0.5, 0.6) is 0 Å². The van der Waals surface area contributed by atoms with E-state index >= 15 is 0 Å².